The molecule has 2 unspecified atom stereocenters. The van der Waals surface area contributed by atoms with Gasteiger partial charge in [0.2, 0.25) is 0 Å². The summed E-state index contributed by atoms with van der Waals surface area (Å²) in [6.07, 6.45) is 7.41. The maximum Gasteiger partial charge on any atom is 0.318 e. The number of fused-ring (bicyclic) bond motifs is 2. The average Bonchev–Trinajstić information content (AvgIpc) is 3.03. The molecule has 2 saturated heterocycles. The third-order valence-corrected chi connectivity index (χ3v) is 5.77. The summed E-state index contributed by atoms with van der Waals surface area (Å²) in [6.45, 7) is 0.450. The van der Waals surface area contributed by atoms with Gasteiger partial charge in [-0.3, -0.25) is 4.98 Å². The fraction of sp³-hybridized carbons (Fsp3) is 0.455. The lowest BCUT2D eigenvalue weighted by Gasteiger charge is -2.38. The fourth-order valence-corrected chi connectivity index (χ4v) is 4.42. The average molecular weight is 397 g/mol. The van der Waals surface area contributed by atoms with Gasteiger partial charge in [-0.2, -0.15) is 0 Å². The molecule has 7 heteroatoms. The highest BCUT2D eigenvalue weighted by molar-refractivity contribution is 5.75. The number of pyridine rings is 1. The van der Waals surface area contributed by atoms with Crippen molar-refractivity contribution in [1.82, 2.24) is 15.2 Å². The zero-order valence-corrected chi connectivity index (χ0v) is 16.8. The fourth-order valence-electron chi connectivity index (χ4n) is 4.42. The molecule has 4 rings (SSSR count). The van der Waals surface area contributed by atoms with Gasteiger partial charge in [-0.25, -0.2) is 4.79 Å². The Balaban J connectivity index is 1.34. The molecule has 2 atom stereocenters. The molecular formula is C22H27N3O4. The maximum absolute atomic E-state index is 12.9. The molecule has 2 bridgehead atoms. The Morgan fingerprint density at radius 2 is 1.76 bits per heavy atom. The molecule has 154 valence electrons. The van der Waals surface area contributed by atoms with Crippen LogP contribution in [0.5, 0.6) is 17.2 Å². The number of carbonyl (C=O) groups excluding carboxylic acids is 1. The van der Waals surface area contributed by atoms with Crippen LogP contribution in [0.25, 0.3) is 0 Å². The van der Waals surface area contributed by atoms with Crippen LogP contribution in [-0.4, -0.2) is 48.3 Å². The minimum Gasteiger partial charge on any atom is -0.493 e. The number of nitrogens with zero attached hydrogens (tertiary/aromatic N) is 2. The van der Waals surface area contributed by atoms with E-state index in [2.05, 4.69) is 10.3 Å². The van der Waals surface area contributed by atoms with Crippen molar-refractivity contribution >= 4 is 6.03 Å². The van der Waals surface area contributed by atoms with E-state index in [0.29, 0.717) is 18.0 Å². The molecular weight excluding hydrogens is 370 g/mol. The van der Waals surface area contributed by atoms with Crippen LogP contribution in [-0.2, 0) is 6.54 Å². The molecule has 0 saturated carbocycles. The summed E-state index contributed by atoms with van der Waals surface area (Å²) in [7, 11) is 3.22. The topological polar surface area (TPSA) is 72.9 Å². The van der Waals surface area contributed by atoms with Gasteiger partial charge >= 0.3 is 6.03 Å². The molecule has 2 aromatic rings. The molecule has 2 aliphatic rings. The molecule has 0 spiro atoms. The van der Waals surface area contributed by atoms with Crippen molar-refractivity contribution in [2.45, 2.75) is 50.4 Å². The number of ether oxygens (including phenoxy) is 3. The predicted octanol–water partition coefficient (Wildman–Crippen LogP) is 3.38. The van der Waals surface area contributed by atoms with Crippen LogP contribution in [0.2, 0.25) is 0 Å². The number of rotatable bonds is 6. The standard InChI is InChI=1S/C22H27N3O4/c1-27-20-6-3-15(11-21(20)28-2)14-24-22(26)25-16-4-5-17(25)13-19(12-16)29-18-7-9-23-10-8-18/h3,6-11,16-17,19H,4-5,12-14H2,1-2H3,(H,24,26). The molecule has 0 radical (unpaired) electrons. The molecule has 1 aromatic carbocycles. The number of aromatic nitrogens is 1. The largest absolute Gasteiger partial charge is 0.493 e. The summed E-state index contributed by atoms with van der Waals surface area (Å²) < 4.78 is 16.7. The Hall–Kier alpha value is -2.96. The number of hydrogen-bond acceptors (Lipinski definition) is 5. The van der Waals surface area contributed by atoms with Crippen LogP contribution < -0.4 is 19.5 Å². The Bertz CT molecular complexity index is 831. The van der Waals surface area contributed by atoms with E-state index in [9.17, 15) is 4.79 Å². The molecule has 3 heterocycles. The summed E-state index contributed by atoms with van der Waals surface area (Å²) in [5.41, 5.74) is 0.972. The zero-order chi connectivity index (χ0) is 20.2. The smallest absolute Gasteiger partial charge is 0.318 e. The highest BCUT2D eigenvalue weighted by atomic mass is 16.5. The number of amides is 2. The normalized spacial score (nSPS) is 22.8. The Labute approximate surface area is 171 Å². The lowest BCUT2D eigenvalue weighted by Crippen LogP contribution is -2.52. The second kappa shape index (κ2) is 8.59. The second-order valence-corrected chi connectivity index (χ2v) is 7.53. The SMILES string of the molecule is COc1ccc(CNC(=O)N2C3CCC2CC(Oc2ccncc2)C3)cc1OC. The number of benzene rings is 1. The van der Waals surface area contributed by atoms with Crippen LogP contribution in [0.1, 0.15) is 31.2 Å². The summed E-state index contributed by atoms with van der Waals surface area (Å²) in [5.74, 6) is 2.18. The number of methoxy groups -OCH3 is 2. The van der Waals surface area contributed by atoms with E-state index >= 15 is 0 Å². The molecule has 0 aliphatic carbocycles. The van der Waals surface area contributed by atoms with Gasteiger partial charge in [0.1, 0.15) is 11.9 Å². The van der Waals surface area contributed by atoms with E-state index in [1.54, 1.807) is 26.6 Å². The maximum atomic E-state index is 12.9. The monoisotopic (exact) mass is 397 g/mol. The van der Waals surface area contributed by atoms with Crippen molar-refractivity contribution < 1.29 is 19.0 Å². The van der Waals surface area contributed by atoms with E-state index in [1.165, 1.54) is 0 Å². The van der Waals surface area contributed by atoms with Gasteiger partial charge in [-0.05, 0) is 42.7 Å². The van der Waals surface area contributed by atoms with Gasteiger partial charge in [-0.15, -0.1) is 0 Å². The first-order chi connectivity index (χ1) is 14.2. The highest BCUT2D eigenvalue weighted by Crippen LogP contribution is 2.37. The molecule has 1 N–H and O–H groups in total. The number of hydrogen-bond donors (Lipinski definition) is 1. The number of urea groups is 1. The number of carbonyl (C=O) groups is 1. The third kappa shape index (κ3) is 4.23. The van der Waals surface area contributed by atoms with Crippen molar-refractivity contribution in [3.05, 3.63) is 48.3 Å². The first-order valence-electron chi connectivity index (χ1n) is 10.0. The molecule has 7 nitrogen and oxygen atoms in total. The van der Waals surface area contributed by atoms with Gasteiger partial charge in [0.15, 0.2) is 11.5 Å². The van der Waals surface area contributed by atoms with Crippen molar-refractivity contribution in [3.8, 4) is 17.2 Å². The van der Waals surface area contributed by atoms with Crippen LogP contribution >= 0.6 is 0 Å². The van der Waals surface area contributed by atoms with Crippen molar-refractivity contribution in [3.63, 3.8) is 0 Å². The van der Waals surface area contributed by atoms with Crippen molar-refractivity contribution in [1.29, 1.82) is 0 Å². The van der Waals surface area contributed by atoms with E-state index < -0.39 is 0 Å². The molecule has 2 amide bonds. The summed E-state index contributed by atoms with van der Waals surface area (Å²) in [5, 5.41) is 3.06. The third-order valence-electron chi connectivity index (χ3n) is 5.77. The van der Waals surface area contributed by atoms with E-state index in [1.807, 2.05) is 35.2 Å². The van der Waals surface area contributed by atoms with Crippen LogP contribution in [0.3, 0.4) is 0 Å². The first-order valence-corrected chi connectivity index (χ1v) is 10.0. The molecule has 2 fully saturated rings. The first kappa shape index (κ1) is 19.4. The Morgan fingerprint density at radius 1 is 1.07 bits per heavy atom. The van der Waals surface area contributed by atoms with Gasteiger partial charge < -0.3 is 24.4 Å². The minimum atomic E-state index is -0.00496. The van der Waals surface area contributed by atoms with Crippen LogP contribution in [0, 0.1) is 0 Å². The molecule has 29 heavy (non-hydrogen) atoms. The summed E-state index contributed by atoms with van der Waals surface area (Å²) in [4.78, 5) is 18.9. The van der Waals surface area contributed by atoms with E-state index in [4.69, 9.17) is 14.2 Å². The summed E-state index contributed by atoms with van der Waals surface area (Å²) >= 11 is 0. The summed E-state index contributed by atoms with van der Waals surface area (Å²) in [6, 6.07) is 9.89. The Morgan fingerprint density at radius 3 is 2.41 bits per heavy atom. The van der Waals surface area contributed by atoms with Crippen LogP contribution in [0.15, 0.2) is 42.7 Å². The second-order valence-electron chi connectivity index (χ2n) is 7.53. The van der Waals surface area contributed by atoms with Crippen molar-refractivity contribution in [2.75, 3.05) is 14.2 Å². The van der Waals surface area contributed by atoms with Crippen LogP contribution in [0.4, 0.5) is 4.79 Å². The predicted molar refractivity (Wildman–Crippen MR) is 108 cm³/mol. The lowest BCUT2D eigenvalue weighted by molar-refractivity contribution is 0.0686. The molecule has 2 aliphatic heterocycles. The van der Waals surface area contributed by atoms with Gasteiger partial charge in [0.25, 0.3) is 0 Å². The molecule has 1 aromatic heterocycles. The Kier molecular flexibility index (Phi) is 5.74. The van der Waals surface area contributed by atoms with Gasteiger partial charge in [0, 0.05) is 43.9 Å². The van der Waals surface area contributed by atoms with Crippen molar-refractivity contribution in [2.24, 2.45) is 0 Å². The number of piperidine rings is 1. The highest BCUT2D eigenvalue weighted by Gasteiger charge is 2.44. The van der Waals surface area contributed by atoms with E-state index in [0.717, 1.165) is 37.0 Å². The van der Waals surface area contributed by atoms with E-state index in [-0.39, 0.29) is 24.2 Å². The van der Waals surface area contributed by atoms with Gasteiger partial charge in [0.05, 0.1) is 14.2 Å². The van der Waals surface area contributed by atoms with Gasteiger partial charge in [-0.1, -0.05) is 6.07 Å². The number of nitrogens with one attached hydrogen (secondary N) is 1. The zero-order valence-electron chi connectivity index (χ0n) is 16.8. The minimum absolute atomic E-state index is 0.00496. The quantitative estimate of drug-likeness (QED) is 0.809. The lowest BCUT2D eigenvalue weighted by atomic mass is 10.00.